The van der Waals surface area contributed by atoms with Crippen molar-refractivity contribution in [2.24, 2.45) is 0 Å². The predicted octanol–water partition coefficient (Wildman–Crippen LogP) is 3.06. The molecule has 0 saturated carbocycles. The maximum atomic E-state index is 11.3. The fraction of sp³-hybridized carbons (Fsp3) is 0.750. The molecule has 0 radical (unpaired) electrons. The molecule has 0 aliphatic carbocycles. The van der Waals surface area contributed by atoms with E-state index in [1.165, 1.54) is 19.3 Å². The van der Waals surface area contributed by atoms with Gasteiger partial charge in [0.05, 0.1) is 13.2 Å². The summed E-state index contributed by atoms with van der Waals surface area (Å²) in [5.41, 5.74) is 0. The van der Waals surface area contributed by atoms with E-state index in [1.54, 1.807) is 6.92 Å². The Bertz CT molecular complexity index is 355. The summed E-state index contributed by atoms with van der Waals surface area (Å²) in [7, 11) is 0. The highest BCUT2D eigenvalue weighted by molar-refractivity contribution is 7.14. The Morgan fingerprint density at radius 3 is 2.67 bits per heavy atom. The molecule has 0 bridgehead atoms. The standard InChI is InChI=1S/C12H20N2O3S/c1-3-5-6-7-8-9-17-12-14-13-10(18-12)11(15)16-4-2/h3-9H2,1-2H3. The first-order valence-corrected chi connectivity index (χ1v) is 7.23. The molecule has 0 aliphatic heterocycles. The molecule has 0 saturated heterocycles. The van der Waals surface area contributed by atoms with Crippen molar-refractivity contribution in [2.75, 3.05) is 13.2 Å². The van der Waals surface area contributed by atoms with E-state index in [2.05, 4.69) is 17.1 Å². The van der Waals surface area contributed by atoms with Crippen LogP contribution >= 0.6 is 11.3 Å². The Labute approximate surface area is 112 Å². The Morgan fingerprint density at radius 1 is 1.17 bits per heavy atom. The van der Waals surface area contributed by atoms with Crippen LogP contribution in [0.1, 0.15) is 55.8 Å². The maximum absolute atomic E-state index is 11.3. The van der Waals surface area contributed by atoms with Crippen LogP contribution in [0.2, 0.25) is 0 Å². The highest BCUT2D eigenvalue weighted by atomic mass is 32.1. The predicted molar refractivity (Wildman–Crippen MR) is 70.1 cm³/mol. The first-order chi connectivity index (χ1) is 8.77. The summed E-state index contributed by atoms with van der Waals surface area (Å²) >= 11 is 1.13. The van der Waals surface area contributed by atoms with Gasteiger partial charge in [-0.1, -0.05) is 37.7 Å². The number of unbranched alkanes of at least 4 members (excludes halogenated alkanes) is 4. The van der Waals surface area contributed by atoms with Crippen molar-refractivity contribution in [3.63, 3.8) is 0 Å². The van der Waals surface area contributed by atoms with E-state index in [4.69, 9.17) is 9.47 Å². The SMILES string of the molecule is CCCCCCCOc1nnc(C(=O)OCC)s1. The zero-order chi connectivity index (χ0) is 13.2. The average Bonchev–Trinajstić information content (AvgIpc) is 2.83. The van der Waals surface area contributed by atoms with Crippen LogP contribution in [0, 0.1) is 0 Å². The summed E-state index contributed by atoms with van der Waals surface area (Å²) in [6, 6.07) is 0. The van der Waals surface area contributed by atoms with E-state index in [0.717, 1.165) is 24.2 Å². The summed E-state index contributed by atoms with van der Waals surface area (Å²) in [5.74, 6) is -0.437. The first-order valence-electron chi connectivity index (χ1n) is 6.41. The van der Waals surface area contributed by atoms with Gasteiger partial charge in [-0.2, -0.15) is 0 Å². The van der Waals surface area contributed by atoms with Crippen molar-refractivity contribution in [3.8, 4) is 5.19 Å². The summed E-state index contributed by atoms with van der Waals surface area (Å²) in [4.78, 5) is 11.3. The topological polar surface area (TPSA) is 61.3 Å². The summed E-state index contributed by atoms with van der Waals surface area (Å²) in [5, 5.41) is 8.22. The molecule has 102 valence electrons. The zero-order valence-corrected chi connectivity index (χ0v) is 11.8. The van der Waals surface area contributed by atoms with Gasteiger partial charge in [-0.25, -0.2) is 4.79 Å². The van der Waals surface area contributed by atoms with Crippen molar-refractivity contribution in [2.45, 2.75) is 46.0 Å². The number of esters is 1. The van der Waals surface area contributed by atoms with E-state index >= 15 is 0 Å². The number of ether oxygens (including phenoxy) is 2. The van der Waals surface area contributed by atoms with Crippen LogP contribution in [0.25, 0.3) is 0 Å². The Balaban J connectivity index is 2.21. The van der Waals surface area contributed by atoms with Crippen LogP contribution in [0.3, 0.4) is 0 Å². The number of nitrogens with zero attached hydrogens (tertiary/aromatic N) is 2. The Morgan fingerprint density at radius 2 is 1.94 bits per heavy atom. The Hall–Kier alpha value is -1.17. The van der Waals surface area contributed by atoms with Gasteiger partial charge in [0.2, 0.25) is 5.01 Å². The van der Waals surface area contributed by atoms with Gasteiger partial charge in [0.15, 0.2) is 0 Å². The molecule has 6 heteroatoms. The van der Waals surface area contributed by atoms with Crippen LogP contribution in [0.4, 0.5) is 0 Å². The second-order valence-electron chi connectivity index (χ2n) is 3.86. The lowest BCUT2D eigenvalue weighted by molar-refractivity contribution is 0.0525. The molecule has 1 heterocycles. The molecule has 0 unspecified atom stereocenters. The second-order valence-corrected chi connectivity index (χ2v) is 4.80. The maximum Gasteiger partial charge on any atom is 0.369 e. The van der Waals surface area contributed by atoms with E-state index in [1.807, 2.05) is 0 Å². The van der Waals surface area contributed by atoms with Crippen LogP contribution in [0.15, 0.2) is 0 Å². The monoisotopic (exact) mass is 272 g/mol. The lowest BCUT2D eigenvalue weighted by Gasteiger charge is -2.00. The van der Waals surface area contributed by atoms with Crippen molar-refractivity contribution < 1.29 is 14.3 Å². The van der Waals surface area contributed by atoms with Crippen molar-refractivity contribution in [3.05, 3.63) is 5.01 Å². The minimum Gasteiger partial charge on any atom is -0.469 e. The van der Waals surface area contributed by atoms with Crippen LogP contribution < -0.4 is 4.74 Å². The molecule has 0 N–H and O–H groups in total. The zero-order valence-electron chi connectivity index (χ0n) is 11.0. The molecular formula is C12H20N2O3S. The summed E-state index contributed by atoms with van der Waals surface area (Å²) in [6.45, 7) is 4.91. The number of rotatable bonds is 9. The Kier molecular flexibility index (Phi) is 7.32. The van der Waals surface area contributed by atoms with E-state index in [9.17, 15) is 4.79 Å². The number of aromatic nitrogens is 2. The minimum absolute atomic E-state index is 0.248. The van der Waals surface area contributed by atoms with Gasteiger partial charge in [0.1, 0.15) is 0 Å². The molecule has 1 aromatic heterocycles. The van der Waals surface area contributed by atoms with Crippen LogP contribution in [-0.4, -0.2) is 29.4 Å². The highest BCUT2D eigenvalue weighted by Gasteiger charge is 2.14. The van der Waals surface area contributed by atoms with Crippen LogP contribution in [-0.2, 0) is 4.74 Å². The quantitative estimate of drug-likeness (QED) is 0.510. The van der Waals surface area contributed by atoms with E-state index in [0.29, 0.717) is 18.4 Å². The number of hydrogen-bond donors (Lipinski definition) is 0. The highest BCUT2D eigenvalue weighted by Crippen LogP contribution is 2.18. The largest absolute Gasteiger partial charge is 0.469 e. The van der Waals surface area contributed by atoms with Gasteiger partial charge in [-0.15, -0.1) is 5.10 Å². The molecule has 18 heavy (non-hydrogen) atoms. The average molecular weight is 272 g/mol. The number of hydrogen-bond acceptors (Lipinski definition) is 6. The third-order valence-electron chi connectivity index (χ3n) is 2.33. The van der Waals surface area contributed by atoms with Crippen molar-refractivity contribution in [1.29, 1.82) is 0 Å². The molecule has 5 nitrogen and oxygen atoms in total. The van der Waals surface area contributed by atoms with Gasteiger partial charge in [-0.05, 0) is 24.7 Å². The first kappa shape index (κ1) is 14.9. The fourth-order valence-electron chi connectivity index (χ4n) is 1.41. The minimum atomic E-state index is -0.437. The number of carbonyl (C=O) groups excluding carboxylic acids is 1. The van der Waals surface area contributed by atoms with Crippen molar-refractivity contribution >= 4 is 17.3 Å². The molecular weight excluding hydrogens is 252 g/mol. The fourth-order valence-corrected chi connectivity index (χ4v) is 2.02. The lowest BCUT2D eigenvalue weighted by Crippen LogP contribution is -2.03. The lowest BCUT2D eigenvalue weighted by atomic mass is 10.2. The molecule has 1 rings (SSSR count). The summed E-state index contributed by atoms with van der Waals surface area (Å²) in [6.07, 6.45) is 5.92. The van der Waals surface area contributed by atoms with Crippen LogP contribution in [0.5, 0.6) is 5.19 Å². The van der Waals surface area contributed by atoms with Gasteiger partial charge in [-0.3, -0.25) is 0 Å². The molecule has 1 aromatic rings. The second kappa shape index (κ2) is 8.85. The van der Waals surface area contributed by atoms with Gasteiger partial charge in [0, 0.05) is 0 Å². The van der Waals surface area contributed by atoms with E-state index in [-0.39, 0.29) is 5.01 Å². The molecule has 0 atom stereocenters. The van der Waals surface area contributed by atoms with Crippen molar-refractivity contribution in [1.82, 2.24) is 10.2 Å². The normalized spacial score (nSPS) is 10.3. The molecule has 0 amide bonds. The summed E-state index contributed by atoms with van der Waals surface area (Å²) < 4.78 is 10.3. The third kappa shape index (κ3) is 5.44. The van der Waals surface area contributed by atoms with Gasteiger partial charge >= 0.3 is 5.97 Å². The third-order valence-corrected chi connectivity index (χ3v) is 3.15. The molecule has 0 aliphatic rings. The van der Waals surface area contributed by atoms with E-state index < -0.39 is 5.97 Å². The van der Waals surface area contributed by atoms with Gasteiger partial charge in [0.25, 0.3) is 5.19 Å². The van der Waals surface area contributed by atoms with Gasteiger partial charge < -0.3 is 9.47 Å². The molecule has 0 fully saturated rings. The molecule has 0 aromatic carbocycles. The number of carbonyl (C=O) groups is 1. The smallest absolute Gasteiger partial charge is 0.369 e. The molecule has 0 spiro atoms.